The lowest BCUT2D eigenvalue weighted by molar-refractivity contribution is -0.192. The number of rotatable bonds is 6. The molecule has 0 aromatic heterocycles. The lowest BCUT2D eigenvalue weighted by Crippen LogP contribution is -2.56. The van der Waals surface area contributed by atoms with E-state index in [-0.39, 0.29) is 11.4 Å². The summed E-state index contributed by atoms with van der Waals surface area (Å²) >= 11 is 0. The third-order valence-electron chi connectivity index (χ3n) is 6.19. The minimum absolute atomic E-state index is 0.0574. The second kappa shape index (κ2) is 10.6. The first-order valence-corrected chi connectivity index (χ1v) is 12.0. The standard InChI is InChI=1S/C19H25N3O7S.C2HF3O2/c1-19(18(25)29-5)15-14(16(23)22(3)17(15)24)13(20-19)10-21(2)30(26,27)12-8-6-11(28-4)7-9-12;3-2(4,5)1(6)7/h6-9,13-15,20H,10H2,1-5H3;(H,6,7)/t13-,14+,15-,19-;/m1./s1. The van der Waals surface area contributed by atoms with Crippen LogP contribution < -0.4 is 10.1 Å². The van der Waals surface area contributed by atoms with E-state index in [0.717, 1.165) is 9.21 Å². The fraction of sp³-hybridized carbons (Fsp3) is 0.524. The van der Waals surface area contributed by atoms with Crippen molar-refractivity contribution in [2.45, 2.75) is 29.6 Å². The molecule has 0 unspecified atom stereocenters. The van der Waals surface area contributed by atoms with Crippen molar-refractivity contribution < 1.29 is 55.3 Å². The van der Waals surface area contributed by atoms with E-state index in [1.54, 1.807) is 0 Å². The Balaban J connectivity index is 0.000000604. The molecule has 2 aliphatic rings. The van der Waals surface area contributed by atoms with E-state index < -0.39 is 63.4 Å². The number of imide groups is 1. The number of alkyl halides is 3. The smallest absolute Gasteiger partial charge is 0.490 e. The molecular weight excluding hydrogens is 527 g/mol. The Labute approximate surface area is 210 Å². The van der Waals surface area contributed by atoms with Crippen LogP contribution in [0.5, 0.6) is 5.75 Å². The maximum atomic E-state index is 13.0. The molecule has 3 rings (SSSR count). The van der Waals surface area contributed by atoms with Gasteiger partial charge in [0, 0.05) is 26.7 Å². The third-order valence-corrected chi connectivity index (χ3v) is 8.02. The van der Waals surface area contributed by atoms with Crippen LogP contribution in [0.25, 0.3) is 0 Å². The maximum Gasteiger partial charge on any atom is 0.490 e. The highest BCUT2D eigenvalue weighted by atomic mass is 32.2. The predicted octanol–water partition coefficient (Wildman–Crippen LogP) is 0.0835. The Morgan fingerprint density at radius 2 is 1.68 bits per heavy atom. The largest absolute Gasteiger partial charge is 0.497 e. The van der Waals surface area contributed by atoms with Gasteiger partial charge in [-0.25, -0.2) is 13.2 Å². The molecule has 1 aromatic carbocycles. The number of carbonyl (C=O) groups is 4. The number of esters is 1. The predicted molar refractivity (Wildman–Crippen MR) is 119 cm³/mol. The van der Waals surface area contributed by atoms with Gasteiger partial charge in [0.15, 0.2) is 0 Å². The number of carboxylic acid groups (broad SMARTS) is 1. The van der Waals surface area contributed by atoms with Crippen LogP contribution in [0.4, 0.5) is 13.2 Å². The van der Waals surface area contributed by atoms with Crippen molar-refractivity contribution >= 4 is 33.8 Å². The molecule has 4 atom stereocenters. The molecule has 2 fully saturated rings. The lowest BCUT2D eigenvalue weighted by atomic mass is 9.81. The average Bonchev–Trinajstić information content (AvgIpc) is 3.26. The van der Waals surface area contributed by atoms with Gasteiger partial charge in [-0.15, -0.1) is 0 Å². The van der Waals surface area contributed by atoms with Crippen LogP contribution in [0.1, 0.15) is 6.92 Å². The zero-order valence-corrected chi connectivity index (χ0v) is 21.2. The molecule has 16 heteroatoms. The van der Waals surface area contributed by atoms with Gasteiger partial charge in [0.05, 0.1) is 31.0 Å². The van der Waals surface area contributed by atoms with Crippen LogP contribution in [0, 0.1) is 11.8 Å². The van der Waals surface area contributed by atoms with Crippen molar-refractivity contribution in [3.05, 3.63) is 24.3 Å². The Morgan fingerprint density at radius 1 is 1.16 bits per heavy atom. The molecule has 2 aliphatic heterocycles. The number of carboxylic acids is 1. The Hall–Kier alpha value is -3.24. The quantitative estimate of drug-likeness (QED) is 0.365. The Kier molecular flexibility index (Phi) is 8.61. The first kappa shape index (κ1) is 30.0. The summed E-state index contributed by atoms with van der Waals surface area (Å²) in [6, 6.07) is 5.16. The van der Waals surface area contributed by atoms with Crippen molar-refractivity contribution in [3.8, 4) is 5.75 Å². The van der Waals surface area contributed by atoms with Crippen molar-refractivity contribution in [2.24, 2.45) is 11.8 Å². The third kappa shape index (κ3) is 5.70. The number of aliphatic carboxylic acids is 1. The highest BCUT2D eigenvalue weighted by Gasteiger charge is 2.66. The highest BCUT2D eigenvalue weighted by molar-refractivity contribution is 7.89. The van der Waals surface area contributed by atoms with E-state index in [1.807, 2.05) is 0 Å². The number of nitrogens with one attached hydrogen (secondary N) is 1. The topological polar surface area (TPSA) is 160 Å². The van der Waals surface area contributed by atoms with Gasteiger partial charge >= 0.3 is 18.1 Å². The van der Waals surface area contributed by atoms with E-state index in [1.165, 1.54) is 59.5 Å². The maximum absolute atomic E-state index is 13.0. The number of amides is 2. The van der Waals surface area contributed by atoms with E-state index in [9.17, 15) is 36.0 Å². The number of likely N-dealkylation sites (N-methyl/N-ethyl adjacent to an activating group) is 1. The molecule has 2 amide bonds. The number of methoxy groups -OCH3 is 2. The van der Waals surface area contributed by atoms with Crippen molar-refractivity contribution in [2.75, 3.05) is 34.9 Å². The van der Waals surface area contributed by atoms with Crippen LogP contribution in [-0.2, 0) is 33.9 Å². The van der Waals surface area contributed by atoms with Gasteiger partial charge in [-0.1, -0.05) is 0 Å². The van der Waals surface area contributed by atoms with Gasteiger partial charge in [0.25, 0.3) is 0 Å². The number of hydrogen-bond acceptors (Lipinski definition) is 9. The van der Waals surface area contributed by atoms with Crippen LogP contribution in [0.3, 0.4) is 0 Å². The number of likely N-dealkylation sites (tertiary alicyclic amines) is 1. The second-order valence-corrected chi connectivity index (χ2v) is 10.5. The molecule has 0 bridgehead atoms. The van der Waals surface area contributed by atoms with E-state index in [0.29, 0.717) is 5.75 Å². The minimum atomic E-state index is -5.08. The zero-order chi connectivity index (χ0) is 28.5. The second-order valence-electron chi connectivity index (χ2n) is 8.45. The molecule has 12 nitrogen and oxygen atoms in total. The zero-order valence-electron chi connectivity index (χ0n) is 20.4. The van der Waals surface area contributed by atoms with Gasteiger partial charge in [-0.05, 0) is 31.2 Å². The molecule has 0 aliphatic carbocycles. The first-order valence-electron chi connectivity index (χ1n) is 10.5. The number of ether oxygens (including phenoxy) is 2. The van der Waals surface area contributed by atoms with E-state index in [4.69, 9.17) is 19.4 Å². The molecule has 2 heterocycles. The molecule has 0 radical (unpaired) electrons. The monoisotopic (exact) mass is 553 g/mol. The number of halogens is 3. The molecule has 2 N–H and O–H groups in total. The SMILES string of the molecule is COC(=O)[C@]1(C)N[C@H](CN(C)S(=O)(=O)c2ccc(OC)cc2)[C@@H]2C(=O)N(C)C(=O)[C@@H]21.O=C(O)C(F)(F)F. The summed E-state index contributed by atoms with van der Waals surface area (Å²) in [5.74, 6) is -5.71. The van der Waals surface area contributed by atoms with E-state index >= 15 is 0 Å². The number of hydrogen-bond donors (Lipinski definition) is 2. The van der Waals surface area contributed by atoms with Crippen LogP contribution >= 0.6 is 0 Å². The van der Waals surface area contributed by atoms with Gasteiger partial charge < -0.3 is 14.6 Å². The number of fused-ring (bicyclic) bond motifs is 1. The normalized spacial score (nSPS) is 25.4. The summed E-state index contributed by atoms with van der Waals surface area (Å²) in [7, 11) is 1.54. The Bertz CT molecular complexity index is 1170. The number of benzene rings is 1. The molecule has 1 aromatic rings. The van der Waals surface area contributed by atoms with Gasteiger partial charge in [-0.3, -0.25) is 24.6 Å². The lowest BCUT2D eigenvalue weighted by Gasteiger charge is -2.29. The van der Waals surface area contributed by atoms with E-state index in [2.05, 4.69) is 5.32 Å². The molecule has 37 heavy (non-hydrogen) atoms. The fourth-order valence-corrected chi connectivity index (χ4v) is 5.47. The summed E-state index contributed by atoms with van der Waals surface area (Å²) in [5.41, 5.74) is -1.44. The number of carbonyl (C=O) groups excluding carboxylic acids is 3. The molecular formula is C21H26F3N3O9S. The van der Waals surface area contributed by atoms with Crippen molar-refractivity contribution in [3.63, 3.8) is 0 Å². The minimum Gasteiger partial charge on any atom is -0.497 e. The van der Waals surface area contributed by atoms with Crippen LogP contribution in [0.2, 0.25) is 0 Å². The number of sulfonamides is 1. The summed E-state index contributed by atoms with van der Waals surface area (Å²) < 4.78 is 68.7. The van der Waals surface area contributed by atoms with Gasteiger partial charge in [0.2, 0.25) is 21.8 Å². The summed E-state index contributed by atoms with van der Waals surface area (Å²) in [5, 5.41) is 10.1. The number of nitrogens with zero attached hydrogens (tertiary/aromatic N) is 2. The molecule has 206 valence electrons. The fourth-order valence-electron chi connectivity index (χ4n) is 4.27. The highest BCUT2D eigenvalue weighted by Crippen LogP contribution is 2.43. The van der Waals surface area contributed by atoms with Crippen LogP contribution in [-0.4, -0.2) is 99.1 Å². The summed E-state index contributed by atoms with van der Waals surface area (Å²) in [6.07, 6.45) is -5.08. The van der Waals surface area contributed by atoms with Crippen LogP contribution in [0.15, 0.2) is 29.2 Å². The van der Waals surface area contributed by atoms with Crippen molar-refractivity contribution in [1.82, 2.24) is 14.5 Å². The molecule has 0 saturated carbocycles. The van der Waals surface area contributed by atoms with Gasteiger partial charge in [-0.2, -0.15) is 17.5 Å². The molecule has 0 spiro atoms. The van der Waals surface area contributed by atoms with Crippen molar-refractivity contribution in [1.29, 1.82) is 0 Å². The Morgan fingerprint density at radius 3 is 2.11 bits per heavy atom. The van der Waals surface area contributed by atoms with Gasteiger partial charge in [0.1, 0.15) is 11.3 Å². The first-order chi connectivity index (χ1) is 16.9. The molecule has 2 saturated heterocycles. The summed E-state index contributed by atoms with van der Waals surface area (Å²) in [6.45, 7) is 1.38. The average molecular weight is 554 g/mol. The summed E-state index contributed by atoms with van der Waals surface area (Å²) in [4.78, 5) is 47.7.